The van der Waals surface area contributed by atoms with Crippen LogP contribution < -0.4 is 10.1 Å². The molecule has 6 heteroatoms. The number of halogens is 2. The monoisotopic (exact) mass is 394 g/mol. The van der Waals surface area contributed by atoms with Gasteiger partial charge in [0.15, 0.2) is 0 Å². The maximum Gasteiger partial charge on any atom is 0.119 e. The largest absolute Gasteiger partial charge is 0.491 e. The molecule has 0 radical (unpaired) electrons. The summed E-state index contributed by atoms with van der Waals surface area (Å²) in [7, 11) is 0. The van der Waals surface area contributed by atoms with E-state index in [-0.39, 0.29) is 25.1 Å². The fourth-order valence-corrected chi connectivity index (χ4v) is 2.95. The summed E-state index contributed by atoms with van der Waals surface area (Å²) in [5.41, 5.74) is 2.43. The van der Waals surface area contributed by atoms with E-state index in [0.717, 1.165) is 11.9 Å². The van der Waals surface area contributed by atoms with Gasteiger partial charge in [-0.05, 0) is 49.2 Å². The number of fused-ring (bicyclic) bond motifs is 1. The molecule has 0 fully saturated rings. The quantitative estimate of drug-likeness (QED) is 0.536. The summed E-state index contributed by atoms with van der Waals surface area (Å²) in [5, 5.41) is 15.4. The number of H-pyrrole nitrogens is 1. The Morgan fingerprint density at radius 2 is 1.88 bits per heavy atom. The van der Waals surface area contributed by atoms with E-state index >= 15 is 0 Å². The predicted molar refractivity (Wildman–Crippen MR) is 110 cm³/mol. The van der Waals surface area contributed by atoms with Gasteiger partial charge in [0.05, 0.1) is 0 Å². The van der Waals surface area contributed by atoms with Gasteiger partial charge in [-0.1, -0.05) is 29.8 Å². The Kier molecular flexibility index (Phi) is 7.79. The van der Waals surface area contributed by atoms with Gasteiger partial charge in [-0.2, -0.15) is 0 Å². The van der Waals surface area contributed by atoms with Gasteiger partial charge in [0.25, 0.3) is 0 Å². The number of nitrogens with one attached hydrogen (secondary N) is 2. The van der Waals surface area contributed by atoms with Crippen LogP contribution in [0.3, 0.4) is 0 Å². The van der Waals surface area contributed by atoms with Crippen molar-refractivity contribution in [2.24, 2.45) is 0 Å². The summed E-state index contributed by atoms with van der Waals surface area (Å²) in [4.78, 5) is 3.29. The van der Waals surface area contributed by atoms with E-state index in [9.17, 15) is 5.11 Å². The van der Waals surface area contributed by atoms with Crippen molar-refractivity contribution in [3.8, 4) is 5.75 Å². The van der Waals surface area contributed by atoms with Crippen molar-refractivity contribution in [2.75, 3.05) is 13.2 Å². The maximum absolute atomic E-state index is 10.1. The topological polar surface area (TPSA) is 57.3 Å². The number of hydrogen-bond donors (Lipinski definition) is 3. The number of ether oxygens (including phenoxy) is 1. The number of benzene rings is 2. The lowest BCUT2D eigenvalue weighted by Gasteiger charge is -2.17. The highest BCUT2D eigenvalue weighted by atomic mass is 35.5. The molecule has 3 rings (SSSR count). The first kappa shape index (κ1) is 20.6. The molecule has 140 valence electrons. The van der Waals surface area contributed by atoms with Gasteiger partial charge in [-0.3, -0.25) is 0 Å². The van der Waals surface area contributed by atoms with Gasteiger partial charge < -0.3 is 20.1 Å². The van der Waals surface area contributed by atoms with E-state index in [0.29, 0.717) is 17.3 Å². The SMILES string of the molecule is CC(Cc1c[nH]c2ccccc12)NCC(O)COc1ccc(Cl)cc1.Cl. The molecule has 0 spiro atoms. The zero-order chi connectivity index (χ0) is 17.6. The smallest absolute Gasteiger partial charge is 0.119 e. The molecule has 0 aliphatic carbocycles. The second kappa shape index (κ2) is 9.83. The Hall–Kier alpha value is -1.72. The van der Waals surface area contributed by atoms with Crippen LogP contribution in [0.2, 0.25) is 5.02 Å². The van der Waals surface area contributed by atoms with E-state index < -0.39 is 6.10 Å². The van der Waals surface area contributed by atoms with Crippen LogP contribution in [0, 0.1) is 0 Å². The highest BCUT2D eigenvalue weighted by Crippen LogP contribution is 2.19. The zero-order valence-corrected chi connectivity index (χ0v) is 16.2. The van der Waals surface area contributed by atoms with E-state index in [1.54, 1.807) is 24.3 Å². The van der Waals surface area contributed by atoms with Crippen LogP contribution in [0.5, 0.6) is 5.75 Å². The first-order chi connectivity index (χ1) is 12.1. The van der Waals surface area contributed by atoms with Crippen LogP contribution in [-0.4, -0.2) is 35.4 Å². The van der Waals surface area contributed by atoms with Crippen molar-refractivity contribution in [2.45, 2.75) is 25.5 Å². The molecule has 0 saturated carbocycles. The fourth-order valence-electron chi connectivity index (χ4n) is 2.82. The Balaban J connectivity index is 0.00000243. The normalized spacial score (nSPS) is 13.2. The van der Waals surface area contributed by atoms with E-state index in [4.69, 9.17) is 16.3 Å². The van der Waals surface area contributed by atoms with Gasteiger partial charge in [-0.25, -0.2) is 0 Å². The molecule has 2 atom stereocenters. The third-order valence-electron chi connectivity index (χ3n) is 4.16. The first-order valence-electron chi connectivity index (χ1n) is 8.46. The number of aromatic nitrogens is 1. The molecule has 0 saturated heterocycles. The molecule has 1 heterocycles. The third-order valence-corrected chi connectivity index (χ3v) is 4.41. The molecule has 1 aromatic heterocycles. The molecule has 0 bridgehead atoms. The minimum absolute atomic E-state index is 0. The van der Waals surface area contributed by atoms with Crippen LogP contribution >= 0.6 is 24.0 Å². The molecule has 0 amide bonds. The second-order valence-corrected chi connectivity index (χ2v) is 6.73. The number of rotatable bonds is 8. The Labute approximate surface area is 164 Å². The van der Waals surface area contributed by atoms with E-state index in [1.165, 1.54) is 10.9 Å². The number of aliphatic hydroxyl groups is 1. The lowest BCUT2D eigenvalue weighted by atomic mass is 10.1. The molecular weight excluding hydrogens is 371 g/mol. The molecule has 0 aliphatic heterocycles. The van der Waals surface area contributed by atoms with Crippen molar-refractivity contribution in [3.63, 3.8) is 0 Å². The van der Waals surface area contributed by atoms with Gasteiger partial charge in [0.2, 0.25) is 0 Å². The van der Waals surface area contributed by atoms with Crippen molar-refractivity contribution in [1.29, 1.82) is 0 Å². The summed E-state index contributed by atoms with van der Waals surface area (Å²) in [6, 6.07) is 15.7. The molecule has 26 heavy (non-hydrogen) atoms. The summed E-state index contributed by atoms with van der Waals surface area (Å²) in [5.74, 6) is 0.704. The number of para-hydroxylation sites is 1. The number of aliphatic hydroxyl groups excluding tert-OH is 1. The lowest BCUT2D eigenvalue weighted by molar-refractivity contribution is 0.104. The standard InChI is InChI=1S/C20H23ClN2O2.ClH/c1-14(10-15-11-23-20-5-3-2-4-19(15)20)22-12-17(24)13-25-18-8-6-16(21)7-9-18;/h2-9,11,14,17,22-24H,10,12-13H2,1H3;1H. The Morgan fingerprint density at radius 1 is 1.15 bits per heavy atom. The zero-order valence-electron chi connectivity index (χ0n) is 14.6. The summed E-state index contributed by atoms with van der Waals surface area (Å²) in [6.45, 7) is 2.85. The van der Waals surface area contributed by atoms with E-state index in [1.807, 2.05) is 6.07 Å². The fraction of sp³-hybridized carbons (Fsp3) is 0.300. The molecule has 3 N–H and O–H groups in total. The van der Waals surface area contributed by atoms with Crippen LogP contribution in [-0.2, 0) is 6.42 Å². The summed E-state index contributed by atoms with van der Waals surface area (Å²) >= 11 is 5.84. The van der Waals surface area contributed by atoms with Crippen LogP contribution in [0.25, 0.3) is 10.9 Å². The first-order valence-corrected chi connectivity index (χ1v) is 8.84. The average molecular weight is 395 g/mol. The highest BCUT2D eigenvalue weighted by Gasteiger charge is 2.11. The van der Waals surface area contributed by atoms with Gasteiger partial charge in [-0.15, -0.1) is 12.4 Å². The molecule has 4 nitrogen and oxygen atoms in total. The van der Waals surface area contributed by atoms with Crippen LogP contribution in [0.15, 0.2) is 54.7 Å². The highest BCUT2D eigenvalue weighted by molar-refractivity contribution is 6.30. The van der Waals surface area contributed by atoms with Gasteiger partial charge in [0, 0.05) is 34.7 Å². The molecule has 3 aromatic rings. The maximum atomic E-state index is 10.1. The summed E-state index contributed by atoms with van der Waals surface area (Å²) in [6.07, 6.45) is 2.39. The number of hydrogen-bond acceptors (Lipinski definition) is 3. The van der Waals surface area contributed by atoms with Gasteiger partial charge >= 0.3 is 0 Å². The van der Waals surface area contributed by atoms with Crippen LogP contribution in [0.1, 0.15) is 12.5 Å². The lowest BCUT2D eigenvalue weighted by Crippen LogP contribution is -2.37. The minimum atomic E-state index is -0.568. The number of aromatic amines is 1. The molecular formula is C20H24Cl2N2O2. The van der Waals surface area contributed by atoms with Gasteiger partial charge in [0.1, 0.15) is 18.5 Å². The Morgan fingerprint density at radius 3 is 2.65 bits per heavy atom. The minimum Gasteiger partial charge on any atom is -0.491 e. The second-order valence-electron chi connectivity index (χ2n) is 6.29. The van der Waals surface area contributed by atoms with Crippen molar-refractivity contribution >= 4 is 34.9 Å². The van der Waals surface area contributed by atoms with Crippen LogP contribution in [0.4, 0.5) is 0 Å². The summed E-state index contributed by atoms with van der Waals surface area (Å²) < 4.78 is 5.56. The molecule has 0 aliphatic rings. The van der Waals surface area contributed by atoms with Crippen molar-refractivity contribution < 1.29 is 9.84 Å². The Bertz CT molecular complexity index is 805. The molecule has 2 unspecified atom stereocenters. The molecule has 2 aromatic carbocycles. The average Bonchev–Trinajstić information content (AvgIpc) is 3.02. The third kappa shape index (κ3) is 5.64. The van der Waals surface area contributed by atoms with E-state index in [2.05, 4.69) is 41.6 Å². The van der Waals surface area contributed by atoms with Crippen molar-refractivity contribution in [1.82, 2.24) is 10.3 Å². The van der Waals surface area contributed by atoms with Crippen molar-refractivity contribution in [3.05, 3.63) is 65.3 Å². The predicted octanol–water partition coefficient (Wildman–Crippen LogP) is 4.20.